The Morgan fingerprint density at radius 2 is 2.19 bits per heavy atom. The van der Waals surface area contributed by atoms with Crippen LogP contribution in [0.3, 0.4) is 0 Å². The van der Waals surface area contributed by atoms with Crippen LogP contribution in [0.4, 0.5) is 11.8 Å². The van der Waals surface area contributed by atoms with Crippen LogP contribution in [0.15, 0.2) is 6.20 Å². The van der Waals surface area contributed by atoms with Gasteiger partial charge in [-0.2, -0.15) is 4.98 Å². The number of amides is 1. The van der Waals surface area contributed by atoms with Crippen molar-refractivity contribution in [2.75, 3.05) is 17.3 Å². The molecule has 1 aliphatic heterocycles. The molecule has 2 rings (SSSR count). The first-order valence-electron chi connectivity index (χ1n) is 4.97. The predicted octanol–water partition coefficient (Wildman–Crippen LogP) is 1.24. The van der Waals surface area contributed by atoms with Gasteiger partial charge in [0.2, 0.25) is 11.9 Å². The van der Waals surface area contributed by atoms with Crippen LogP contribution in [0.25, 0.3) is 0 Å². The van der Waals surface area contributed by atoms with E-state index in [2.05, 4.69) is 15.3 Å². The van der Waals surface area contributed by atoms with Gasteiger partial charge in [0.25, 0.3) is 0 Å². The predicted molar refractivity (Wildman–Crippen MR) is 65.2 cm³/mol. The number of nitrogens with zero attached hydrogens (tertiary/aromatic N) is 3. The summed E-state index contributed by atoms with van der Waals surface area (Å²) < 4.78 is 0. The number of nitrogens with one attached hydrogen (secondary N) is 1. The van der Waals surface area contributed by atoms with Gasteiger partial charge in [0.1, 0.15) is 5.82 Å². The van der Waals surface area contributed by atoms with Gasteiger partial charge >= 0.3 is 0 Å². The highest BCUT2D eigenvalue weighted by Crippen LogP contribution is 2.25. The molecule has 1 amide bonds. The van der Waals surface area contributed by atoms with Gasteiger partial charge < -0.3 is 5.32 Å². The van der Waals surface area contributed by atoms with E-state index in [1.807, 2.05) is 13.8 Å². The van der Waals surface area contributed by atoms with Crippen LogP contribution in [0.5, 0.6) is 0 Å². The smallest absolute Gasteiger partial charge is 0.232 e. The Kier molecular flexibility index (Phi) is 3.70. The molecule has 88 valence electrons. The molecule has 6 heteroatoms. The number of carbonyl (C=O) groups is 1. The molecule has 16 heavy (non-hydrogen) atoms. The molecule has 2 heterocycles. The fourth-order valence-electron chi connectivity index (χ4n) is 1.54. The first-order valence-corrected chi connectivity index (χ1v) is 4.97. The van der Waals surface area contributed by atoms with Gasteiger partial charge in [-0.1, -0.05) is 0 Å². The normalized spacial score (nSPS) is 13.8. The van der Waals surface area contributed by atoms with E-state index in [1.54, 1.807) is 18.1 Å². The van der Waals surface area contributed by atoms with Crippen molar-refractivity contribution in [1.82, 2.24) is 9.97 Å². The van der Waals surface area contributed by atoms with E-state index in [0.29, 0.717) is 12.4 Å². The summed E-state index contributed by atoms with van der Waals surface area (Å²) in [5.74, 6) is 1.37. The fourth-order valence-corrected chi connectivity index (χ4v) is 1.54. The quantitative estimate of drug-likeness (QED) is 0.848. The third kappa shape index (κ3) is 2.24. The highest BCUT2D eigenvalue weighted by Gasteiger charge is 2.26. The fraction of sp³-hybridized carbons (Fsp3) is 0.500. The Bertz CT molecular complexity index is 408. The summed E-state index contributed by atoms with van der Waals surface area (Å²) in [5.41, 5.74) is 0.900. The summed E-state index contributed by atoms with van der Waals surface area (Å²) in [6.45, 7) is 4.04. The van der Waals surface area contributed by atoms with Gasteiger partial charge in [-0.15, -0.1) is 12.4 Å². The van der Waals surface area contributed by atoms with Crippen molar-refractivity contribution in [3.8, 4) is 0 Å². The van der Waals surface area contributed by atoms with E-state index in [4.69, 9.17) is 0 Å². The van der Waals surface area contributed by atoms with Gasteiger partial charge in [0.05, 0.1) is 6.42 Å². The van der Waals surface area contributed by atoms with Gasteiger partial charge in [0.15, 0.2) is 0 Å². The number of hydrogen-bond acceptors (Lipinski definition) is 4. The van der Waals surface area contributed by atoms with Crippen LogP contribution >= 0.6 is 12.4 Å². The Labute approximate surface area is 101 Å². The zero-order valence-electron chi connectivity index (χ0n) is 9.52. The number of hydrogen-bond donors (Lipinski definition) is 1. The maximum atomic E-state index is 11.4. The number of anilines is 2. The Morgan fingerprint density at radius 1 is 1.50 bits per heavy atom. The SMILES string of the molecule is CC(C)Nc1ncc2c(n1)N(C)C(=O)C2.Cl. The van der Waals surface area contributed by atoms with E-state index >= 15 is 0 Å². The zero-order valence-corrected chi connectivity index (χ0v) is 10.3. The molecule has 1 aromatic rings. The highest BCUT2D eigenvalue weighted by molar-refractivity contribution is 5.99. The van der Waals surface area contributed by atoms with Crippen molar-refractivity contribution in [1.29, 1.82) is 0 Å². The molecule has 0 bridgehead atoms. The molecule has 0 aromatic carbocycles. The molecule has 0 saturated heterocycles. The molecule has 0 fully saturated rings. The van der Waals surface area contributed by atoms with Crippen molar-refractivity contribution >= 4 is 30.1 Å². The summed E-state index contributed by atoms with van der Waals surface area (Å²) in [6.07, 6.45) is 2.13. The van der Waals surface area contributed by atoms with Crippen molar-refractivity contribution in [2.24, 2.45) is 0 Å². The first-order chi connectivity index (χ1) is 7.08. The molecule has 0 unspecified atom stereocenters. The van der Waals surface area contributed by atoms with E-state index in [-0.39, 0.29) is 24.4 Å². The van der Waals surface area contributed by atoms with Crippen LogP contribution in [0.2, 0.25) is 0 Å². The third-order valence-corrected chi connectivity index (χ3v) is 2.29. The molecule has 0 radical (unpaired) electrons. The van der Waals surface area contributed by atoms with Crippen molar-refractivity contribution in [3.05, 3.63) is 11.8 Å². The monoisotopic (exact) mass is 242 g/mol. The summed E-state index contributed by atoms with van der Waals surface area (Å²) in [4.78, 5) is 21.4. The largest absolute Gasteiger partial charge is 0.352 e. The minimum Gasteiger partial charge on any atom is -0.352 e. The molecule has 0 saturated carbocycles. The second-order valence-corrected chi connectivity index (χ2v) is 3.97. The van der Waals surface area contributed by atoms with Crippen LogP contribution < -0.4 is 10.2 Å². The Morgan fingerprint density at radius 3 is 2.81 bits per heavy atom. The molecular weight excluding hydrogens is 228 g/mol. The average Bonchev–Trinajstić information content (AvgIpc) is 2.43. The number of fused-ring (bicyclic) bond motifs is 1. The first kappa shape index (κ1) is 12.7. The number of likely N-dealkylation sites (N-methyl/N-ethyl adjacent to an activating group) is 1. The molecule has 1 aromatic heterocycles. The third-order valence-electron chi connectivity index (χ3n) is 2.29. The lowest BCUT2D eigenvalue weighted by Gasteiger charge is -2.11. The summed E-state index contributed by atoms with van der Waals surface area (Å²) >= 11 is 0. The highest BCUT2D eigenvalue weighted by atomic mass is 35.5. The average molecular weight is 243 g/mol. The van der Waals surface area contributed by atoms with Crippen LogP contribution in [-0.2, 0) is 11.2 Å². The summed E-state index contributed by atoms with van der Waals surface area (Å²) in [6, 6.07) is 0.283. The van der Waals surface area contributed by atoms with Crippen LogP contribution in [-0.4, -0.2) is 29.0 Å². The molecule has 0 spiro atoms. The summed E-state index contributed by atoms with van der Waals surface area (Å²) in [7, 11) is 1.74. The van der Waals surface area contributed by atoms with E-state index in [1.165, 1.54) is 0 Å². The molecular formula is C10H15ClN4O. The van der Waals surface area contributed by atoms with Gasteiger partial charge in [0, 0.05) is 24.8 Å². The van der Waals surface area contributed by atoms with E-state index in [9.17, 15) is 4.79 Å². The van der Waals surface area contributed by atoms with Gasteiger partial charge in [-0.3, -0.25) is 9.69 Å². The number of halogens is 1. The lowest BCUT2D eigenvalue weighted by molar-refractivity contribution is -0.117. The van der Waals surface area contributed by atoms with Crippen molar-refractivity contribution < 1.29 is 4.79 Å². The topological polar surface area (TPSA) is 58.1 Å². The van der Waals surface area contributed by atoms with Crippen LogP contribution in [0, 0.1) is 0 Å². The zero-order chi connectivity index (χ0) is 11.0. The second-order valence-electron chi connectivity index (χ2n) is 3.97. The number of aromatic nitrogens is 2. The molecule has 0 aliphatic carbocycles. The lowest BCUT2D eigenvalue weighted by atomic mass is 10.3. The lowest BCUT2D eigenvalue weighted by Crippen LogP contribution is -2.22. The number of rotatable bonds is 2. The van der Waals surface area contributed by atoms with E-state index < -0.39 is 0 Å². The van der Waals surface area contributed by atoms with Crippen molar-refractivity contribution in [3.63, 3.8) is 0 Å². The van der Waals surface area contributed by atoms with Gasteiger partial charge in [-0.05, 0) is 13.8 Å². The standard InChI is InChI=1S/C10H14N4O.ClH/c1-6(2)12-10-11-5-7-4-8(15)14(3)9(7)13-10;/h5-6H,4H2,1-3H3,(H,11,12,13);1H. The minimum atomic E-state index is 0. The number of carbonyl (C=O) groups excluding carboxylic acids is 1. The molecule has 1 aliphatic rings. The maximum Gasteiger partial charge on any atom is 0.232 e. The van der Waals surface area contributed by atoms with Crippen LogP contribution in [0.1, 0.15) is 19.4 Å². The van der Waals surface area contributed by atoms with E-state index in [0.717, 1.165) is 11.4 Å². The molecule has 0 atom stereocenters. The van der Waals surface area contributed by atoms with Gasteiger partial charge in [-0.25, -0.2) is 4.98 Å². The molecule has 5 nitrogen and oxygen atoms in total. The minimum absolute atomic E-state index is 0. The summed E-state index contributed by atoms with van der Waals surface area (Å²) in [5, 5.41) is 3.11. The maximum absolute atomic E-state index is 11.4. The molecule has 1 N–H and O–H groups in total. The Hall–Kier alpha value is -1.36. The second kappa shape index (κ2) is 4.65. The van der Waals surface area contributed by atoms with Crippen molar-refractivity contribution in [2.45, 2.75) is 26.3 Å². The Balaban J connectivity index is 0.00000128.